The zero-order chi connectivity index (χ0) is 10.9. The maximum absolute atomic E-state index is 5.41. The zero-order valence-corrected chi connectivity index (χ0v) is 11.6. The van der Waals surface area contributed by atoms with E-state index < -0.39 is 0 Å². The molecule has 0 aliphatic rings. The Morgan fingerprint density at radius 3 is 2.87 bits per heavy atom. The van der Waals surface area contributed by atoms with Gasteiger partial charge in [-0.05, 0) is 12.1 Å². The Morgan fingerprint density at radius 2 is 2.20 bits per heavy atom. The van der Waals surface area contributed by atoms with E-state index in [1.54, 1.807) is 6.26 Å². The van der Waals surface area contributed by atoms with E-state index in [-0.39, 0.29) is 15.2 Å². The zero-order valence-electron chi connectivity index (χ0n) is 10.2. The molecule has 1 aromatic rings. The van der Waals surface area contributed by atoms with Crippen molar-refractivity contribution in [1.29, 1.82) is 0 Å². The van der Waals surface area contributed by atoms with E-state index in [0.29, 0.717) is 5.92 Å². The maximum Gasteiger partial charge on any atom is 0.238 e. The van der Waals surface area contributed by atoms with Crippen LogP contribution >= 0.6 is 0 Å². The largest absolute Gasteiger partial charge is 0.469 e. The standard InChI is InChI=1S/C7H9O.C6H13.Al.H/c1-6(2)7-4-3-5-8-7;1-3-5-6-4-2;;/h3-6H,1H2,2H3;1,3-6H2,2H3;;. The van der Waals surface area contributed by atoms with E-state index >= 15 is 0 Å². The molecule has 1 nitrogen and oxygen atoms in total. The topological polar surface area (TPSA) is 13.1 Å². The van der Waals surface area contributed by atoms with Crippen LogP contribution in [-0.2, 0) is 0 Å². The van der Waals surface area contributed by atoms with Gasteiger partial charge in [-0.3, -0.25) is 0 Å². The van der Waals surface area contributed by atoms with Crippen molar-refractivity contribution in [2.45, 2.75) is 56.0 Å². The molecule has 0 aliphatic carbocycles. The predicted octanol–water partition coefficient (Wildman–Crippen LogP) is 4.24. The molecule has 15 heavy (non-hydrogen) atoms. The number of unbranched alkanes of at least 4 members (excludes halogenated alkanes) is 3. The highest BCUT2D eigenvalue weighted by Gasteiger charge is 2.08. The Balaban J connectivity index is 2.00. The summed E-state index contributed by atoms with van der Waals surface area (Å²) in [7, 11) is 0. The number of rotatable bonds is 8. The quantitative estimate of drug-likeness (QED) is 0.473. The van der Waals surface area contributed by atoms with Gasteiger partial charge in [-0.2, -0.15) is 0 Å². The van der Waals surface area contributed by atoms with E-state index in [9.17, 15) is 0 Å². The molecule has 0 bridgehead atoms. The van der Waals surface area contributed by atoms with Crippen molar-refractivity contribution in [2.75, 3.05) is 0 Å². The van der Waals surface area contributed by atoms with Crippen molar-refractivity contribution >= 4 is 15.2 Å². The minimum atomic E-state index is 0.154. The van der Waals surface area contributed by atoms with Gasteiger partial charge in [0.25, 0.3) is 0 Å². The Hall–Kier alpha value is -0.188. The van der Waals surface area contributed by atoms with Crippen LogP contribution in [0.4, 0.5) is 0 Å². The summed E-state index contributed by atoms with van der Waals surface area (Å²) in [5, 5.41) is 2.92. The van der Waals surface area contributed by atoms with E-state index in [1.807, 2.05) is 6.07 Å². The summed E-state index contributed by atoms with van der Waals surface area (Å²) >= 11 is 0.154. The molecule has 0 aliphatic heterocycles. The second kappa shape index (κ2) is 8.02. The van der Waals surface area contributed by atoms with Crippen LogP contribution in [0.2, 0.25) is 10.6 Å². The van der Waals surface area contributed by atoms with Gasteiger partial charge in [-0.25, -0.2) is 0 Å². The van der Waals surface area contributed by atoms with E-state index in [4.69, 9.17) is 4.42 Å². The smallest absolute Gasteiger partial charge is 0.238 e. The van der Waals surface area contributed by atoms with Gasteiger partial charge in [0.2, 0.25) is 15.2 Å². The van der Waals surface area contributed by atoms with Gasteiger partial charge in [-0.1, -0.05) is 50.1 Å². The van der Waals surface area contributed by atoms with Crippen LogP contribution in [-0.4, -0.2) is 15.2 Å². The van der Waals surface area contributed by atoms with Gasteiger partial charge in [0.05, 0.1) is 6.26 Å². The third kappa shape index (κ3) is 5.45. The average molecular weight is 222 g/mol. The molecule has 1 heterocycles. The van der Waals surface area contributed by atoms with Gasteiger partial charge < -0.3 is 4.42 Å². The number of hydrogen-bond acceptors (Lipinski definition) is 1. The van der Waals surface area contributed by atoms with Crippen LogP contribution in [0.3, 0.4) is 0 Å². The highest BCUT2D eigenvalue weighted by molar-refractivity contribution is 6.35. The Kier molecular flexibility index (Phi) is 6.89. The molecule has 0 spiro atoms. The molecular weight excluding hydrogens is 199 g/mol. The van der Waals surface area contributed by atoms with Crippen LogP contribution in [0, 0.1) is 0 Å². The Labute approximate surface area is 100.0 Å². The minimum absolute atomic E-state index is 0.154. The van der Waals surface area contributed by atoms with Crippen molar-refractivity contribution in [2.24, 2.45) is 0 Å². The molecule has 0 saturated carbocycles. The van der Waals surface area contributed by atoms with Crippen LogP contribution < -0.4 is 0 Å². The average Bonchev–Trinajstić information content (AvgIpc) is 2.76. The summed E-state index contributed by atoms with van der Waals surface area (Å²) in [6.07, 6.45) is 7.46. The molecule has 1 unspecified atom stereocenters. The highest BCUT2D eigenvalue weighted by Crippen LogP contribution is 2.20. The van der Waals surface area contributed by atoms with Gasteiger partial charge in [-0.15, -0.1) is 0 Å². The molecule has 0 saturated heterocycles. The second-order valence-electron chi connectivity index (χ2n) is 4.47. The fourth-order valence-electron chi connectivity index (χ4n) is 1.94. The van der Waals surface area contributed by atoms with Gasteiger partial charge in [0.1, 0.15) is 5.76 Å². The lowest BCUT2D eigenvalue weighted by atomic mass is 10.1. The van der Waals surface area contributed by atoms with E-state index in [2.05, 4.69) is 19.9 Å². The monoisotopic (exact) mass is 222 g/mol. The molecule has 1 atom stereocenters. The van der Waals surface area contributed by atoms with Crippen LogP contribution in [0.25, 0.3) is 0 Å². The lowest BCUT2D eigenvalue weighted by Crippen LogP contribution is -1.97. The molecule has 84 valence electrons. The summed E-state index contributed by atoms with van der Waals surface area (Å²) in [6.45, 7) is 4.56. The first-order valence-corrected chi connectivity index (χ1v) is 8.38. The van der Waals surface area contributed by atoms with Crippen LogP contribution in [0.1, 0.15) is 51.2 Å². The summed E-state index contributed by atoms with van der Waals surface area (Å²) in [6, 6.07) is 4.10. The predicted molar refractivity (Wildman–Crippen MR) is 68.0 cm³/mol. The van der Waals surface area contributed by atoms with Crippen molar-refractivity contribution in [3.8, 4) is 0 Å². The molecule has 1 rings (SSSR count). The number of furan rings is 1. The molecule has 1 aromatic heterocycles. The molecule has 2 heteroatoms. The van der Waals surface area contributed by atoms with Gasteiger partial charge >= 0.3 is 0 Å². The first-order valence-electron chi connectivity index (χ1n) is 6.38. The van der Waals surface area contributed by atoms with Gasteiger partial charge in [0.15, 0.2) is 0 Å². The lowest BCUT2D eigenvalue weighted by Gasteiger charge is -2.06. The normalized spacial score (nSPS) is 12.7. The third-order valence-electron chi connectivity index (χ3n) is 3.02. The highest BCUT2D eigenvalue weighted by atomic mass is 27.1. The second-order valence-corrected chi connectivity index (χ2v) is 6.46. The van der Waals surface area contributed by atoms with Gasteiger partial charge in [0, 0.05) is 5.92 Å². The van der Waals surface area contributed by atoms with Crippen LogP contribution in [0.5, 0.6) is 0 Å². The molecule has 0 radical (unpaired) electrons. The maximum atomic E-state index is 5.41. The Bertz CT molecular complexity index is 231. The molecular formula is C13H23AlO. The molecule has 0 N–H and O–H groups in total. The van der Waals surface area contributed by atoms with Crippen molar-refractivity contribution in [1.82, 2.24) is 0 Å². The summed E-state index contributed by atoms with van der Waals surface area (Å²) in [5.74, 6) is 1.83. The van der Waals surface area contributed by atoms with E-state index in [0.717, 1.165) is 0 Å². The van der Waals surface area contributed by atoms with Crippen molar-refractivity contribution < 1.29 is 4.42 Å². The van der Waals surface area contributed by atoms with Crippen molar-refractivity contribution in [3.63, 3.8) is 0 Å². The first-order chi connectivity index (χ1) is 7.34. The summed E-state index contributed by atoms with van der Waals surface area (Å²) < 4.78 is 5.41. The molecule has 0 aromatic carbocycles. The SMILES string of the molecule is CCCCC[CH2][AlH][CH2]C(C)c1ccco1. The third-order valence-corrected chi connectivity index (χ3v) is 5.29. The summed E-state index contributed by atoms with van der Waals surface area (Å²) in [5.41, 5.74) is 0. The van der Waals surface area contributed by atoms with Crippen molar-refractivity contribution in [3.05, 3.63) is 24.2 Å². The van der Waals surface area contributed by atoms with Crippen LogP contribution in [0.15, 0.2) is 22.8 Å². The Morgan fingerprint density at radius 1 is 1.33 bits per heavy atom. The van der Waals surface area contributed by atoms with E-state index in [1.165, 1.54) is 42.0 Å². The fraction of sp³-hybridized carbons (Fsp3) is 0.692. The fourth-order valence-corrected chi connectivity index (χ4v) is 3.84. The first kappa shape index (κ1) is 12.9. The lowest BCUT2D eigenvalue weighted by molar-refractivity contribution is 0.486. The summed E-state index contributed by atoms with van der Waals surface area (Å²) in [4.78, 5) is 0. The number of hydrogen-bond donors (Lipinski definition) is 0. The molecule has 0 fully saturated rings. The minimum Gasteiger partial charge on any atom is -0.469 e. The molecule has 0 amide bonds.